The Morgan fingerprint density at radius 1 is 1.35 bits per heavy atom. The summed E-state index contributed by atoms with van der Waals surface area (Å²) >= 11 is 0. The lowest BCUT2D eigenvalue weighted by atomic mass is 10.0. The average molecular weight is 284 g/mol. The maximum atomic E-state index is 10.7. The third-order valence-electron chi connectivity index (χ3n) is 3.23. The van der Waals surface area contributed by atoms with Crippen LogP contribution in [0.2, 0.25) is 0 Å². The second-order valence-electron chi connectivity index (χ2n) is 4.70. The quantitative estimate of drug-likeness (QED) is 0.445. The van der Waals surface area contributed by atoms with Crippen molar-refractivity contribution in [2.75, 3.05) is 11.9 Å². The summed E-state index contributed by atoms with van der Waals surface area (Å²) in [5, 5.41) is 42.3. The lowest BCUT2D eigenvalue weighted by Gasteiger charge is -2.36. The highest BCUT2D eigenvalue weighted by atomic mass is 16.6. The molecule has 1 aromatic rings. The Morgan fingerprint density at radius 2 is 2.05 bits per heavy atom. The molecule has 0 aliphatic carbocycles. The van der Waals surface area contributed by atoms with E-state index in [0.29, 0.717) is 5.69 Å². The van der Waals surface area contributed by atoms with Gasteiger partial charge in [-0.3, -0.25) is 10.1 Å². The highest BCUT2D eigenvalue weighted by Crippen LogP contribution is 2.25. The number of ether oxygens (including phenoxy) is 1. The molecule has 0 amide bonds. The van der Waals surface area contributed by atoms with Crippen molar-refractivity contribution in [2.24, 2.45) is 0 Å². The Hall–Kier alpha value is -1.74. The fourth-order valence-corrected chi connectivity index (χ4v) is 1.97. The van der Waals surface area contributed by atoms with E-state index in [1.165, 1.54) is 12.1 Å². The van der Waals surface area contributed by atoms with Crippen LogP contribution in [0, 0.1) is 17.0 Å². The van der Waals surface area contributed by atoms with Crippen molar-refractivity contribution in [3.8, 4) is 0 Å². The van der Waals surface area contributed by atoms with Crippen LogP contribution in [0.3, 0.4) is 0 Å². The van der Waals surface area contributed by atoms with E-state index >= 15 is 0 Å². The van der Waals surface area contributed by atoms with E-state index in [2.05, 4.69) is 5.32 Å². The van der Waals surface area contributed by atoms with Gasteiger partial charge >= 0.3 is 0 Å². The number of nitro benzene ring substituents is 1. The van der Waals surface area contributed by atoms with Gasteiger partial charge in [0.1, 0.15) is 18.3 Å². The zero-order valence-electron chi connectivity index (χ0n) is 10.8. The summed E-state index contributed by atoms with van der Waals surface area (Å²) in [5.74, 6) is 0. The molecule has 1 aliphatic rings. The summed E-state index contributed by atoms with van der Waals surface area (Å²) in [5.41, 5.74) is 1.06. The van der Waals surface area contributed by atoms with Crippen molar-refractivity contribution in [3.63, 3.8) is 0 Å². The number of nitro groups is 1. The average Bonchev–Trinajstić information content (AvgIpc) is 2.41. The molecule has 1 saturated heterocycles. The van der Waals surface area contributed by atoms with Crippen LogP contribution in [0.15, 0.2) is 18.2 Å². The Bertz CT molecular complexity index is 509. The first kappa shape index (κ1) is 14.7. The van der Waals surface area contributed by atoms with E-state index in [1.807, 2.05) is 0 Å². The van der Waals surface area contributed by atoms with E-state index in [9.17, 15) is 25.4 Å². The number of hydrogen-bond donors (Lipinski definition) is 4. The minimum absolute atomic E-state index is 0.0935. The second kappa shape index (κ2) is 5.71. The monoisotopic (exact) mass is 284 g/mol. The smallest absolute Gasteiger partial charge is 0.271 e. The Kier molecular flexibility index (Phi) is 4.19. The number of hydrogen-bond acceptors (Lipinski definition) is 7. The van der Waals surface area contributed by atoms with Gasteiger partial charge in [0.05, 0.1) is 11.5 Å². The van der Waals surface area contributed by atoms with Crippen LogP contribution < -0.4 is 5.32 Å². The SMILES string of the molecule is Cc1ccc([N+](=O)[O-])cc1N[C@@H]1OC[C@@H](O)[C@@H](O)[C@H]1O. The van der Waals surface area contributed by atoms with Crippen LogP contribution in [0.4, 0.5) is 11.4 Å². The first-order chi connectivity index (χ1) is 9.40. The van der Waals surface area contributed by atoms with Gasteiger partial charge in [-0.2, -0.15) is 0 Å². The minimum Gasteiger partial charge on any atom is -0.388 e. The summed E-state index contributed by atoms with van der Waals surface area (Å²) in [6.07, 6.45) is -4.78. The first-order valence-electron chi connectivity index (χ1n) is 6.07. The molecule has 1 heterocycles. The zero-order chi connectivity index (χ0) is 14.9. The van der Waals surface area contributed by atoms with Crippen molar-refractivity contribution < 1.29 is 25.0 Å². The number of anilines is 1. The number of aliphatic hydroxyl groups excluding tert-OH is 3. The normalized spacial score (nSPS) is 30.0. The van der Waals surface area contributed by atoms with Crippen LogP contribution in [-0.4, -0.2) is 51.4 Å². The molecule has 0 unspecified atom stereocenters. The first-order valence-corrected chi connectivity index (χ1v) is 6.07. The molecule has 0 saturated carbocycles. The molecule has 20 heavy (non-hydrogen) atoms. The molecule has 4 N–H and O–H groups in total. The van der Waals surface area contributed by atoms with Crippen LogP contribution in [0.5, 0.6) is 0 Å². The van der Waals surface area contributed by atoms with E-state index in [4.69, 9.17) is 4.74 Å². The molecule has 1 aromatic carbocycles. The molecule has 8 nitrogen and oxygen atoms in total. The largest absolute Gasteiger partial charge is 0.388 e. The number of nitrogens with one attached hydrogen (secondary N) is 1. The predicted molar refractivity (Wildman–Crippen MR) is 69.2 cm³/mol. The molecular weight excluding hydrogens is 268 g/mol. The van der Waals surface area contributed by atoms with Crippen LogP contribution in [-0.2, 0) is 4.74 Å². The van der Waals surface area contributed by atoms with Crippen molar-refractivity contribution >= 4 is 11.4 Å². The van der Waals surface area contributed by atoms with Gasteiger partial charge in [0.25, 0.3) is 5.69 Å². The van der Waals surface area contributed by atoms with Crippen molar-refractivity contribution in [1.82, 2.24) is 0 Å². The summed E-state index contributed by atoms with van der Waals surface area (Å²) in [6.45, 7) is 1.61. The van der Waals surface area contributed by atoms with Gasteiger partial charge in [0, 0.05) is 17.8 Å². The molecule has 1 fully saturated rings. The standard InChI is InChI=1S/C12H16N2O6/c1-6-2-3-7(14(18)19)4-8(6)13-12-11(17)10(16)9(15)5-20-12/h2-4,9-13,15-17H,5H2,1H3/t9-,10-,11-,12-/m1/s1. The molecule has 4 atom stereocenters. The zero-order valence-corrected chi connectivity index (χ0v) is 10.8. The van der Waals surface area contributed by atoms with Crippen molar-refractivity contribution in [1.29, 1.82) is 0 Å². The summed E-state index contributed by atoms with van der Waals surface area (Å²) in [6, 6.07) is 4.26. The Labute approximate surface area is 114 Å². The molecule has 2 rings (SSSR count). The molecule has 0 bridgehead atoms. The highest BCUT2D eigenvalue weighted by molar-refractivity contribution is 5.57. The van der Waals surface area contributed by atoms with Crippen LogP contribution in [0.25, 0.3) is 0 Å². The van der Waals surface area contributed by atoms with Crippen LogP contribution >= 0.6 is 0 Å². The third kappa shape index (κ3) is 2.88. The molecule has 0 spiro atoms. The predicted octanol–water partition coefficient (Wildman–Crippen LogP) is -0.246. The lowest BCUT2D eigenvalue weighted by Crippen LogP contribution is -2.55. The maximum absolute atomic E-state index is 10.7. The number of rotatable bonds is 3. The number of nitrogens with zero attached hydrogens (tertiary/aromatic N) is 1. The van der Waals surface area contributed by atoms with Gasteiger partial charge in [-0.05, 0) is 12.5 Å². The van der Waals surface area contributed by atoms with E-state index in [0.717, 1.165) is 5.56 Å². The summed E-state index contributed by atoms with van der Waals surface area (Å²) in [4.78, 5) is 10.2. The topological polar surface area (TPSA) is 125 Å². The van der Waals surface area contributed by atoms with E-state index in [1.54, 1.807) is 13.0 Å². The second-order valence-corrected chi connectivity index (χ2v) is 4.70. The van der Waals surface area contributed by atoms with Gasteiger partial charge in [-0.1, -0.05) is 6.07 Å². The lowest BCUT2D eigenvalue weighted by molar-refractivity contribution is -0.384. The van der Waals surface area contributed by atoms with Crippen molar-refractivity contribution in [2.45, 2.75) is 31.5 Å². The molecule has 110 valence electrons. The summed E-state index contributed by atoms with van der Waals surface area (Å²) < 4.78 is 5.19. The Morgan fingerprint density at radius 3 is 2.70 bits per heavy atom. The molecule has 1 aliphatic heterocycles. The van der Waals surface area contributed by atoms with Gasteiger partial charge in [0.2, 0.25) is 0 Å². The fourth-order valence-electron chi connectivity index (χ4n) is 1.97. The van der Waals surface area contributed by atoms with Gasteiger partial charge < -0.3 is 25.4 Å². The number of non-ortho nitro benzene ring substituents is 1. The van der Waals surface area contributed by atoms with Crippen LogP contribution in [0.1, 0.15) is 5.56 Å². The molecule has 8 heteroatoms. The van der Waals surface area contributed by atoms with Gasteiger partial charge in [0.15, 0.2) is 6.23 Å². The molecule has 0 aromatic heterocycles. The maximum Gasteiger partial charge on any atom is 0.271 e. The van der Waals surface area contributed by atoms with Gasteiger partial charge in [-0.15, -0.1) is 0 Å². The number of aliphatic hydroxyl groups is 3. The Balaban J connectivity index is 2.17. The molecule has 0 radical (unpaired) electrons. The van der Waals surface area contributed by atoms with Gasteiger partial charge in [-0.25, -0.2) is 0 Å². The van der Waals surface area contributed by atoms with E-state index < -0.39 is 29.5 Å². The summed E-state index contributed by atoms with van der Waals surface area (Å²) in [7, 11) is 0. The van der Waals surface area contributed by atoms with E-state index in [-0.39, 0.29) is 12.3 Å². The highest BCUT2D eigenvalue weighted by Gasteiger charge is 2.37. The number of benzene rings is 1. The molecular formula is C12H16N2O6. The fraction of sp³-hybridized carbons (Fsp3) is 0.500. The minimum atomic E-state index is -1.34. The number of aryl methyl sites for hydroxylation is 1. The van der Waals surface area contributed by atoms with Crippen molar-refractivity contribution in [3.05, 3.63) is 33.9 Å². The third-order valence-corrected chi connectivity index (χ3v) is 3.23.